The number of para-hydroxylation sites is 2. The van der Waals surface area contributed by atoms with Crippen LogP contribution in [-0.4, -0.2) is 0 Å². The third-order valence-electron chi connectivity index (χ3n) is 16.7. The van der Waals surface area contributed by atoms with E-state index in [9.17, 15) is 0 Å². The molecule has 7 aliphatic carbocycles. The number of nitrogens with zero attached hydrogens (tertiary/aromatic N) is 2. The summed E-state index contributed by atoms with van der Waals surface area (Å²) in [6.45, 7) is 4.80. The van der Waals surface area contributed by atoms with Gasteiger partial charge in [-0.15, -0.1) is 0 Å². The van der Waals surface area contributed by atoms with Crippen molar-refractivity contribution >= 4 is 34.1 Å². The number of aryl methyl sites for hydroxylation is 4. The monoisotopic (exact) mass is 904 g/mol. The third kappa shape index (κ3) is 7.48. The van der Waals surface area contributed by atoms with Crippen molar-refractivity contribution in [3.8, 4) is 33.4 Å². The van der Waals surface area contributed by atoms with Gasteiger partial charge in [0.05, 0.1) is 5.69 Å². The molecule has 7 aliphatic rings. The van der Waals surface area contributed by atoms with Gasteiger partial charge < -0.3 is 9.80 Å². The van der Waals surface area contributed by atoms with E-state index < -0.39 is 0 Å². The van der Waals surface area contributed by atoms with Crippen LogP contribution >= 0.6 is 0 Å². The van der Waals surface area contributed by atoms with E-state index in [2.05, 4.69) is 236 Å². The van der Waals surface area contributed by atoms with E-state index in [-0.39, 0.29) is 5.41 Å². The molecule has 16 rings (SSSR count). The summed E-state index contributed by atoms with van der Waals surface area (Å²) in [6, 6.07) is 80.7. The lowest BCUT2D eigenvalue weighted by Gasteiger charge is -2.34. The van der Waals surface area contributed by atoms with Crippen molar-refractivity contribution in [2.75, 3.05) is 9.80 Å². The van der Waals surface area contributed by atoms with Gasteiger partial charge in [0.15, 0.2) is 0 Å². The molecule has 2 saturated carbocycles. The zero-order valence-corrected chi connectivity index (χ0v) is 40.5. The highest BCUT2D eigenvalue weighted by Crippen LogP contribution is 2.55. The lowest BCUT2D eigenvalue weighted by Crippen LogP contribution is -2.18. The van der Waals surface area contributed by atoms with Gasteiger partial charge in [-0.1, -0.05) is 184 Å². The molecule has 6 bridgehead atoms. The second-order valence-electron chi connectivity index (χ2n) is 21.1. The van der Waals surface area contributed by atoms with Crippen molar-refractivity contribution < 1.29 is 0 Å². The fourth-order valence-electron chi connectivity index (χ4n) is 13.2. The SMILES string of the molecule is CC1(C)c2ccccc2-c2ccc(N(c3cc4ccc3CCc3ccc(c(N(c5ccccc5)c5ccc(C6CC7CCC6C7)cc5)c3)CC4)c3c(-c4ccccc4)cccc3-c3ccccc3)cc21. The molecule has 0 N–H and O–H groups in total. The maximum absolute atomic E-state index is 2.64. The highest BCUT2D eigenvalue weighted by Gasteiger charge is 2.40. The molecule has 9 aromatic rings. The Morgan fingerprint density at radius 3 is 1.56 bits per heavy atom. The number of fused-ring (bicyclic) bond motifs is 5. The molecule has 0 saturated heterocycles. The summed E-state index contributed by atoms with van der Waals surface area (Å²) in [5.74, 6) is 2.52. The predicted octanol–water partition coefficient (Wildman–Crippen LogP) is 18.1. The molecule has 0 aliphatic heterocycles. The number of rotatable bonds is 9. The van der Waals surface area contributed by atoms with E-state index in [1.165, 1.54) is 132 Å². The van der Waals surface area contributed by atoms with Crippen molar-refractivity contribution in [2.24, 2.45) is 11.8 Å². The van der Waals surface area contributed by atoms with Crippen LogP contribution in [0.1, 0.15) is 84.4 Å². The maximum Gasteiger partial charge on any atom is 0.0618 e. The van der Waals surface area contributed by atoms with Crippen molar-refractivity contribution in [2.45, 2.75) is 76.5 Å². The largest absolute Gasteiger partial charge is 0.310 e. The normalized spacial score (nSPS) is 18.2. The minimum atomic E-state index is -0.148. The Labute approximate surface area is 414 Å². The first kappa shape index (κ1) is 42.7. The smallest absolute Gasteiger partial charge is 0.0618 e. The van der Waals surface area contributed by atoms with Crippen molar-refractivity contribution in [3.63, 3.8) is 0 Å². The van der Waals surface area contributed by atoms with E-state index in [1.807, 2.05) is 0 Å². The molecule has 9 aromatic carbocycles. The van der Waals surface area contributed by atoms with Gasteiger partial charge in [-0.25, -0.2) is 0 Å². The molecule has 342 valence electrons. The summed E-state index contributed by atoms with van der Waals surface area (Å²) >= 11 is 0. The minimum absolute atomic E-state index is 0.148. The number of hydrogen-bond acceptors (Lipinski definition) is 2. The summed E-state index contributed by atoms with van der Waals surface area (Å²) in [5, 5.41) is 0. The van der Waals surface area contributed by atoms with Gasteiger partial charge in [0.2, 0.25) is 0 Å². The average Bonchev–Trinajstić information content (AvgIpc) is 4.11. The summed E-state index contributed by atoms with van der Waals surface area (Å²) in [5.41, 5.74) is 24.4. The molecule has 0 amide bonds. The number of benzene rings is 9. The van der Waals surface area contributed by atoms with Crippen molar-refractivity contribution in [3.05, 3.63) is 251 Å². The second-order valence-corrected chi connectivity index (χ2v) is 21.1. The molecule has 2 nitrogen and oxygen atoms in total. The molecule has 0 spiro atoms. The quantitative estimate of drug-likeness (QED) is 0.142. The van der Waals surface area contributed by atoms with Crippen LogP contribution in [0, 0.1) is 11.8 Å². The molecule has 3 unspecified atom stereocenters. The number of hydrogen-bond donors (Lipinski definition) is 0. The van der Waals surface area contributed by atoms with Gasteiger partial charge >= 0.3 is 0 Å². The van der Waals surface area contributed by atoms with Crippen LogP contribution < -0.4 is 9.80 Å². The van der Waals surface area contributed by atoms with E-state index in [0.29, 0.717) is 0 Å². The van der Waals surface area contributed by atoms with Crippen LogP contribution in [0.25, 0.3) is 33.4 Å². The lowest BCUT2D eigenvalue weighted by molar-refractivity contribution is 0.420. The molecule has 0 radical (unpaired) electrons. The van der Waals surface area contributed by atoms with Crippen LogP contribution in [0.15, 0.2) is 212 Å². The zero-order valence-electron chi connectivity index (χ0n) is 40.5. The second kappa shape index (κ2) is 17.5. The van der Waals surface area contributed by atoms with Gasteiger partial charge in [0.1, 0.15) is 0 Å². The Kier molecular flexibility index (Phi) is 10.7. The van der Waals surface area contributed by atoms with Gasteiger partial charge in [-0.2, -0.15) is 0 Å². The summed E-state index contributed by atoms with van der Waals surface area (Å²) in [7, 11) is 0. The van der Waals surface area contributed by atoms with E-state index in [1.54, 1.807) is 0 Å². The first-order valence-corrected chi connectivity index (χ1v) is 25.9. The van der Waals surface area contributed by atoms with Gasteiger partial charge in [0, 0.05) is 45.0 Å². The third-order valence-corrected chi connectivity index (χ3v) is 16.7. The Balaban J connectivity index is 0.950. The average molecular weight is 905 g/mol. The van der Waals surface area contributed by atoms with Crippen molar-refractivity contribution in [1.82, 2.24) is 0 Å². The first-order valence-electron chi connectivity index (χ1n) is 25.9. The van der Waals surface area contributed by atoms with Crippen LogP contribution in [0.4, 0.5) is 34.1 Å². The molecule has 2 heteroatoms. The Morgan fingerprint density at radius 1 is 0.400 bits per heavy atom. The van der Waals surface area contributed by atoms with Crippen LogP contribution in [0.2, 0.25) is 0 Å². The molecule has 0 aromatic heterocycles. The Morgan fingerprint density at radius 2 is 0.943 bits per heavy atom. The standard InChI is InChI=1S/C68H60N2/c1-68(2)63-24-13-12-21-60(63)61-40-39-57(45-64(61)68)70(67-58(49-15-6-3-7-16-49)22-14-23-59(67)50-17-8-4-9-18-50)66-44-47-26-31-52-30-25-46(27-32-53(66)33-28-47)43-65(52)69(55-19-10-5-11-20-55)56-37-35-51(36-38-56)62-42-48-29-34-54(62)41-48/h3-25,28,30,33,35-40,43-45,48,54,62H,26-27,29,31-32,34,41-42H2,1-2H3. The fraction of sp³-hybridized carbons (Fsp3) is 0.206. The topological polar surface area (TPSA) is 6.48 Å². The maximum atomic E-state index is 2.64. The van der Waals surface area contributed by atoms with E-state index in [4.69, 9.17) is 0 Å². The van der Waals surface area contributed by atoms with E-state index in [0.717, 1.165) is 43.4 Å². The van der Waals surface area contributed by atoms with Crippen LogP contribution in [-0.2, 0) is 31.1 Å². The van der Waals surface area contributed by atoms with Crippen molar-refractivity contribution in [1.29, 1.82) is 0 Å². The summed E-state index contributed by atoms with van der Waals surface area (Å²) in [4.78, 5) is 5.17. The minimum Gasteiger partial charge on any atom is -0.310 e. The predicted molar refractivity (Wildman–Crippen MR) is 294 cm³/mol. The Hall–Kier alpha value is -7.42. The highest BCUT2D eigenvalue weighted by molar-refractivity contribution is 5.99. The number of anilines is 6. The highest BCUT2D eigenvalue weighted by atomic mass is 15.2. The fourth-order valence-corrected chi connectivity index (χ4v) is 13.2. The molecule has 3 atom stereocenters. The summed E-state index contributed by atoms with van der Waals surface area (Å²) in [6.07, 6.45) is 9.28. The van der Waals surface area contributed by atoms with Crippen LogP contribution in [0.5, 0.6) is 0 Å². The molecule has 2 fully saturated rings. The first-order chi connectivity index (χ1) is 34.4. The molecule has 70 heavy (non-hydrogen) atoms. The zero-order chi connectivity index (χ0) is 46.8. The van der Waals surface area contributed by atoms with E-state index >= 15 is 0 Å². The lowest BCUT2D eigenvalue weighted by atomic mass is 9.82. The molecular formula is C68H60N2. The van der Waals surface area contributed by atoms with Crippen LogP contribution in [0.3, 0.4) is 0 Å². The Bertz CT molecular complexity index is 3310. The van der Waals surface area contributed by atoms with Gasteiger partial charge in [-0.3, -0.25) is 0 Å². The van der Waals surface area contributed by atoms with Gasteiger partial charge in [0.25, 0.3) is 0 Å². The summed E-state index contributed by atoms with van der Waals surface area (Å²) < 4.78 is 0. The molecular weight excluding hydrogens is 845 g/mol. The molecule has 0 heterocycles. The van der Waals surface area contributed by atoms with Gasteiger partial charge in [-0.05, 0) is 172 Å².